The van der Waals surface area contributed by atoms with Gasteiger partial charge in [-0.2, -0.15) is 0 Å². The third-order valence-electron chi connectivity index (χ3n) is 4.38. The molecule has 20 heavy (non-hydrogen) atoms. The van der Waals surface area contributed by atoms with Gasteiger partial charge < -0.3 is 10.2 Å². The number of nitrogens with one attached hydrogen (secondary N) is 1. The molecule has 0 saturated carbocycles. The Bertz CT molecular complexity index is 683. The van der Waals surface area contributed by atoms with Gasteiger partial charge in [-0.15, -0.1) is 0 Å². The molecular formula is C14H15BrN4O. The first-order valence-corrected chi connectivity index (χ1v) is 7.66. The Morgan fingerprint density at radius 2 is 2.30 bits per heavy atom. The lowest BCUT2D eigenvalue weighted by Crippen LogP contribution is -2.43. The maximum atomic E-state index is 12.3. The van der Waals surface area contributed by atoms with E-state index in [1.807, 2.05) is 22.6 Å². The maximum Gasteiger partial charge on any atom is 0.270 e. The molecule has 4 rings (SSSR count). The highest BCUT2D eigenvalue weighted by atomic mass is 79.9. The fraction of sp³-hybridized carbons (Fsp3) is 0.429. The van der Waals surface area contributed by atoms with E-state index in [2.05, 4.69) is 31.1 Å². The number of carbonyl (C=O) groups is 1. The van der Waals surface area contributed by atoms with Gasteiger partial charge in [0.05, 0.1) is 4.60 Å². The molecule has 0 aliphatic carbocycles. The number of fused-ring (bicyclic) bond motifs is 3. The van der Waals surface area contributed by atoms with Crippen LogP contribution in [0.25, 0.3) is 5.52 Å². The Labute approximate surface area is 125 Å². The van der Waals surface area contributed by atoms with Crippen molar-refractivity contribution in [1.82, 2.24) is 19.6 Å². The largest absolute Gasteiger partial charge is 0.346 e. The van der Waals surface area contributed by atoms with Crippen LogP contribution < -0.4 is 5.32 Å². The fourth-order valence-corrected chi connectivity index (χ4v) is 3.72. The van der Waals surface area contributed by atoms with Crippen molar-refractivity contribution >= 4 is 27.4 Å². The van der Waals surface area contributed by atoms with E-state index in [0.29, 0.717) is 11.6 Å². The van der Waals surface area contributed by atoms with E-state index in [1.165, 1.54) is 13.0 Å². The minimum absolute atomic E-state index is 0.0661. The number of halogens is 1. The van der Waals surface area contributed by atoms with Crippen molar-refractivity contribution in [3.05, 3.63) is 34.8 Å². The zero-order chi connectivity index (χ0) is 13.7. The first kappa shape index (κ1) is 12.3. The minimum Gasteiger partial charge on any atom is -0.346 e. The van der Waals surface area contributed by atoms with Crippen LogP contribution in [0.5, 0.6) is 0 Å². The van der Waals surface area contributed by atoms with Crippen molar-refractivity contribution in [2.24, 2.45) is 5.92 Å². The lowest BCUT2D eigenvalue weighted by atomic mass is 10.00. The number of piperidine rings is 1. The summed E-state index contributed by atoms with van der Waals surface area (Å²) in [5.74, 6) is 0.550. The van der Waals surface area contributed by atoms with Crippen LogP contribution in [0.15, 0.2) is 29.1 Å². The van der Waals surface area contributed by atoms with Crippen molar-refractivity contribution in [2.75, 3.05) is 19.6 Å². The molecule has 2 aromatic heterocycles. The molecule has 0 radical (unpaired) electrons. The SMILES string of the molecule is O=C(NC1CN2CC[C@H]1C2)c1cc2ccc(Br)n2cn1. The topological polar surface area (TPSA) is 49.6 Å². The molecule has 2 fully saturated rings. The van der Waals surface area contributed by atoms with E-state index in [1.54, 1.807) is 6.33 Å². The highest BCUT2D eigenvalue weighted by Crippen LogP contribution is 2.27. The number of aromatic nitrogens is 2. The second-order valence-corrected chi connectivity index (χ2v) is 6.43. The van der Waals surface area contributed by atoms with Crippen LogP contribution in [0, 0.1) is 5.92 Å². The van der Waals surface area contributed by atoms with Gasteiger partial charge >= 0.3 is 0 Å². The van der Waals surface area contributed by atoms with Crippen LogP contribution >= 0.6 is 15.9 Å². The van der Waals surface area contributed by atoms with Gasteiger partial charge in [0.15, 0.2) is 0 Å². The summed E-state index contributed by atoms with van der Waals surface area (Å²) >= 11 is 3.44. The van der Waals surface area contributed by atoms with Gasteiger partial charge in [-0.3, -0.25) is 9.20 Å². The summed E-state index contributed by atoms with van der Waals surface area (Å²) in [5, 5.41) is 3.13. The highest BCUT2D eigenvalue weighted by Gasteiger charge is 2.38. The molecule has 0 aromatic carbocycles. The number of hydrogen-bond donors (Lipinski definition) is 1. The summed E-state index contributed by atoms with van der Waals surface area (Å²) in [6.45, 7) is 3.29. The molecule has 2 aliphatic heterocycles. The van der Waals surface area contributed by atoms with Crippen molar-refractivity contribution < 1.29 is 4.79 Å². The predicted octanol–water partition coefficient (Wildman–Crippen LogP) is 1.53. The molecule has 1 amide bonds. The summed E-state index contributed by atoms with van der Waals surface area (Å²) in [6.07, 6.45) is 2.88. The van der Waals surface area contributed by atoms with E-state index in [-0.39, 0.29) is 11.9 Å². The smallest absolute Gasteiger partial charge is 0.270 e. The van der Waals surface area contributed by atoms with Gasteiger partial charge in [-0.05, 0) is 53.0 Å². The zero-order valence-corrected chi connectivity index (χ0v) is 12.5. The molecule has 104 valence electrons. The average Bonchev–Trinajstić information content (AvgIpc) is 3.14. The van der Waals surface area contributed by atoms with Crippen molar-refractivity contribution in [2.45, 2.75) is 12.5 Å². The molecule has 5 nitrogen and oxygen atoms in total. The van der Waals surface area contributed by atoms with Gasteiger partial charge in [0.1, 0.15) is 12.0 Å². The Hall–Kier alpha value is -1.40. The zero-order valence-electron chi connectivity index (χ0n) is 10.9. The van der Waals surface area contributed by atoms with E-state index in [9.17, 15) is 4.79 Å². The first-order valence-electron chi connectivity index (χ1n) is 6.86. The summed E-state index contributed by atoms with van der Waals surface area (Å²) in [5.41, 5.74) is 1.45. The number of hydrogen-bond acceptors (Lipinski definition) is 3. The molecular weight excluding hydrogens is 320 g/mol. The van der Waals surface area contributed by atoms with Crippen LogP contribution in [0.1, 0.15) is 16.9 Å². The summed E-state index contributed by atoms with van der Waals surface area (Å²) in [4.78, 5) is 19.0. The van der Waals surface area contributed by atoms with Crippen molar-refractivity contribution in [1.29, 1.82) is 0 Å². The number of amides is 1. The van der Waals surface area contributed by atoms with E-state index >= 15 is 0 Å². The van der Waals surface area contributed by atoms with Gasteiger partial charge in [0, 0.05) is 24.6 Å². The third kappa shape index (κ3) is 1.94. The summed E-state index contributed by atoms with van der Waals surface area (Å²) in [7, 11) is 0. The molecule has 2 aliphatic rings. The first-order chi connectivity index (χ1) is 9.70. The normalized spacial score (nSPS) is 28.1. The van der Waals surface area contributed by atoms with Gasteiger partial charge in [0.25, 0.3) is 5.91 Å². The molecule has 3 atom stereocenters. The fourth-order valence-electron chi connectivity index (χ4n) is 3.29. The van der Waals surface area contributed by atoms with E-state index < -0.39 is 0 Å². The summed E-state index contributed by atoms with van der Waals surface area (Å²) < 4.78 is 2.84. The average molecular weight is 335 g/mol. The third-order valence-corrected chi connectivity index (χ3v) is 5.03. The molecule has 1 N–H and O–H groups in total. The lowest BCUT2D eigenvalue weighted by Gasteiger charge is -2.22. The predicted molar refractivity (Wildman–Crippen MR) is 78.7 cm³/mol. The van der Waals surface area contributed by atoms with Gasteiger partial charge in [-0.25, -0.2) is 4.98 Å². The quantitative estimate of drug-likeness (QED) is 0.906. The molecule has 2 aromatic rings. The molecule has 2 bridgehead atoms. The van der Waals surface area contributed by atoms with E-state index in [0.717, 1.165) is 23.2 Å². The van der Waals surface area contributed by atoms with E-state index in [4.69, 9.17) is 0 Å². The Morgan fingerprint density at radius 3 is 3.05 bits per heavy atom. The molecule has 2 unspecified atom stereocenters. The molecule has 4 heterocycles. The number of carbonyl (C=O) groups excluding carboxylic acids is 1. The van der Waals surface area contributed by atoms with Crippen molar-refractivity contribution in [3.8, 4) is 0 Å². The van der Waals surface area contributed by atoms with Crippen molar-refractivity contribution in [3.63, 3.8) is 0 Å². The van der Waals surface area contributed by atoms with Crippen LogP contribution in [0.4, 0.5) is 0 Å². The van der Waals surface area contributed by atoms with Crippen LogP contribution in [0.3, 0.4) is 0 Å². The molecule has 2 saturated heterocycles. The van der Waals surface area contributed by atoms with Crippen LogP contribution in [-0.2, 0) is 0 Å². The summed E-state index contributed by atoms with van der Waals surface area (Å²) in [6, 6.07) is 6.02. The molecule has 0 spiro atoms. The molecule has 6 heteroatoms. The standard InChI is InChI=1S/C14H15BrN4O/c15-13-2-1-10-5-11(16-8-19(10)13)14(20)17-12-7-18-4-3-9(12)6-18/h1-2,5,8-9,12H,3-4,6-7H2,(H,17,20)/t9-,12?/m0/s1. The highest BCUT2D eigenvalue weighted by molar-refractivity contribution is 9.10. The van der Waals surface area contributed by atoms with Gasteiger partial charge in [0.2, 0.25) is 0 Å². The Balaban J connectivity index is 1.54. The monoisotopic (exact) mass is 334 g/mol. The second kappa shape index (κ2) is 4.56. The maximum absolute atomic E-state index is 12.3. The van der Waals surface area contributed by atoms with Gasteiger partial charge in [-0.1, -0.05) is 0 Å². The second-order valence-electron chi connectivity index (χ2n) is 5.61. The Kier molecular flexibility index (Phi) is 2.82. The van der Waals surface area contributed by atoms with Crippen LogP contribution in [0.2, 0.25) is 0 Å². The number of rotatable bonds is 2. The van der Waals surface area contributed by atoms with Crippen LogP contribution in [-0.4, -0.2) is 45.9 Å². The number of nitrogens with zero attached hydrogens (tertiary/aromatic N) is 3. The minimum atomic E-state index is -0.0661. The lowest BCUT2D eigenvalue weighted by molar-refractivity contribution is 0.0919. The Morgan fingerprint density at radius 1 is 1.40 bits per heavy atom.